The van der Waals surface area contributed by atoms with E-state index in [-0.39, 0.29) is 0 Å². The second-order valence-electron chi connectivity index (χ2n) is 5.50. The fourth-order valence-corrected chi connectivity index (χ4v) is 3.79. The van der Waals surface area contributed by atoms with Crippen LogP contribution in [0.25, 0.3) is 10.4 Å². The van der Waals surface area contributed by atoms with Gasteiger partial charge in [-0.1, -0.05) is 55.2 Å². The fourth-order valence-electron chi connectivity index (χ4n) is 2.39. The van der Waals surface area contributed by atoms with Gasteiger partial charge in [0.05, 0.1) is 6.04 Å². The van der Waals surface area contributed by atoms with Crippen molar-refractivity contribution in [2.24, 2.45) is 5.11 Å². The molecule has 0 aliphatic rings. The van der Waals surface area contributed by atoms with E-state index in [1.807, 2.05) is 18.2 Å². The molecule has 0 N–H and O–H groups in total. The molecule has 0 fully saturated rings. The lowest BCUT2D eigenvalue weighted by atomic mass is 9.99. The lowest BCUT2D eigenvalue weighted by Crippen LogP contribution is -2.33. The van der Waals surface area contributed by atoms with Crippen molar-refractivity contribution in [3.05, 3.63) is 73.0 Å². The Morgan fingerprint density at radius 2 is 1.74 bits per heavy atom. The SMILES string of the molecule is [N-]=[N+]=N[C@@H](CCc1c(Br)cccc1Br)c1cccc(OC(F)(F)C(F)F)c1. The number of ether oxygens (including phenoxy) is 1. The molecule has 4 nitrogen and oxygen atoms in total. The maximum atomic E-state index is 13.1. The summed E-state index contributed by atoms with van der Waals surface area (Å²) in [5, 5.41) is 3.70. The molecule has 0 bridgehead atoms. The monoisotopic (exact) mass is 509 g/mol. The van der Waals surface area contributed by atoms with Crippen LogP contribution in [-0.2, 0) is 6.42 Å². The van der Waals surface area contributed by atoms with Gasteiger partial charge >= 0.3 is 12.5 Å². The predicted molar refractivity (Wildman–Crippen MR) is 100 cm³/mol. The highest BCUT2D eigenvalue weighted by atomic mass is 79.9. The van der Waals surface area contributed by atoms with E-state index >= 15 is 0 Å². The molecule has 0 aliphatic heterocycles. The molecule has 0 spiro atoms. The summed E-state index contributed by atoms with van der Waals surface area (Å²) >= 11 is 6.89. The molecule has 2 aromatic carbocycles. The van der Waals surface area contributed by atoms with Crippen molar-refractivity contribution in [1.82, 2.24) is 0 Å². The Bertz CT molecular complexity index is 824. The first-order valence-corrected chi connectivity index (χ1v) is 9.25. The second kappa shape index (κ2) is 9.43. The van der Waals surface area contributed by atoms with Crippen molar-refractivity contribution in [3.8, 4) is 5.75 Å². The normalized spacial score (nSPS) is 12.6. The van der Waals surface area contributed by atoms with Crippen molar-refractivity contribution < 1.29 is 22.3 Å². The lowest BCUT2D eigenvalue weighted by Gasteiger charge is -2.18. The summed E-state index contributed by atoms with van der Waals surface area (Å²) in [6, 6.07) is 10.1. The topological polar surface area (TPSA) is 58.0 Å². The Kier molecular flexibility index (Phi) is 7.52. The third-order valence-electron chi connectivity index (χ3n) is 3.67. The largest absolute Gasteiger partial charge is 0.461 e. The summed E-state index contributed by atoms with van der Waals surface area (Å²) in [5.41, 5.74) is 10.2. The third-order valence-corrected chi connectivity index (χ3v) is 5.16. The number of halogens is 6. The molecule has 144 valence electrons. The van der Waals surface area contributed by atoms with E-state index in [9.17, 15) is 17.6 Å². The maximum absolute atomic E-state index is 13.1. The average molecular weight is 511 g/mol. The lowest BCUT2D eigenvalue weighted by molar-refractivity contribution is -0.253. The molecule has 27 heavy (non-hydrogen) atoms. The average Bonchev–Trinajstić information content (AvgIpc) is 2.60. The molecule has 0 heterocycles. The van der Waals surface area contributed by atoms with Gasteiger partial charge in [0.2, 0.25) is 0 Å². The number of nitrogens with zero attached hydrogens (tertiary/aromatic N) is 3. The molecule has 10 heteroatoms. The number of alkyl halides is 4. The van der Waals surface area contributed by atoms with Gasteiger partial charge in [-0.25, -0.2) is 0 Å². The Morgan fingerprint density at radius 3 is 2.33 bits per heavy atom. The van der Waals surface area contributed by atoms with Crippen molar-refractivity contribution in [1.29, 1.82) is 0 Å². The third kappa shape index (κ3) is 5.85. The standard InChI is InChI=1S/C17H13Br2F4N3O/c18-13-5-2-6-14(19)12(13)7-8-15(25-26-24)10-3-1-4-11(9-10)27-17(22,23)16(20)21/h1-6,9,15-16H,7-8H2/t15-/m0/s1. The summed E-state index contributed by atoms with van der Waals surface area (Å²) < 4.78 is 56.7. The summed E-state index contributed by atoms with van der Waals surface area (Å²) in [7, 11) is 0. The van der Waals surface area contributed by atoms with Crippen LogP contribution in [0.5, 0.6) is 5.75 Å². The maximum Gasteiger partial charge on any atom is 0.461 e. The van der Waals surface area contributed by atoms with Gasteiger partial charge in [-0.15, -0.1) is 0 Å². The van der Waals surface area contributed by atoms with Crippen molar-refractivity contribution in [3.63, 3.8) is 0 Å². The van der Waals surface area contributed by atoms with Crippen LogP contribution >= 0.6 is 31.9 Å². The second-order valence-corrected chi connectivity index (χ2v) is 7.21. The van der Waals surface area contributed by atoms with Gasteiger partial charge in [0, 0.05) is 13.9 Å². The molecule has 2 rings (SSSR count). The molecular weight excluding hydrogens is 498 g/mol. The summed E-state index contributed by atoms with van der Waals surface area (Å²) in [4.78, 5) is 2.79. The van der Waals surface area contributed by atoms with Gasteiger partial charge in [0.15, 0.2) is 0 Å². The minimum Gasteiger partial charge on any atom is -0.428 e. The van der Waals surface area contributed by atoms with Crippen LogP contribution in [0.15, 0.2) is 56.5 Å². The highest BCUT2D eigenvalue weighted by Gasteiger charge is 2.44. The van der Waals surface area contributed by atoms with E-state index in [4.69, 9.17) is 5.53 Å². The molecule has 0 saturated heterocycles. The Balaban J connectivity index is 2.21. The Labute approximate surface area is 169 Å². The number of benzene rings is 2. The van der Waals surface area contributed by atoms with Crippen LogP contribution in [0.2, 0.25) is 0 Å². The predicted octanol–water partition coefficient (Wildman–Crippen LogP) is 7.43. The molecule has 0 unspecified atom stereocenters. The van der Waals surface area contributed by atoms with E-state index in [2.05, 4.69) is 46.6 Å². The summed E-state index contributed by atoms with van der Waals surface area (Å²) in [5.74, 6) is -0.432. The van der Waals surface area contributed by atoms with E-state index in [0.29, 0.717) is 18.4 Å². The molecule has 0 saturated carbocycles. The van der Waals surface area contributed by atoms with E-state index in [1.165, 1.54) is 12.1 Å². The highest BCUT2D eigenvalue weighted by Crippen LogP contribution is 2.33. The molecular formula is C17H13Br2F4N3O. The zero-order valence-corrected chi connectivity index (χ0v) is 16.8. The quantitative estimate of drug-likeness (QED) is 0.157. The Morgan fingerprint density at radius 1 is 1.11 bits per heavy atom. The number of hydrogen-bond donors (Lipinski definition) is 0. The first-order chi connectivity index (χ1) is 12.7. The van der Waals surface area contributed by atoms with Gasteiger partial charge in [0.1, 0.15) is 5.75 Å². The van der Waals surface area contributed by atoms with Crippen LogP contribution in [-0.4, -0.2) is 12.5 Å². The first kappa shape index (κ1) is 21.5. The summed E-state index contributed by atoms with van der Waals surface area (Å²) in [6.45, 7) is 0. The van der Waals surface area contributed by atoms with Gasteiger partial charge in [-0.3, -0.25) is 0 Å². The molecule has 2 aromatic rings. The zero-order chi connectivity index (χ0) is 20.0. The minimum absolute atomic E-state index is 0.375. The molecule has 0 radical (unpaired) electrons. The Hall–Kier alpha value is -1.77. The molecule has 0 amide bonds. The van der Waals surface area contributed by atoms with Crippen LogP contribution in [0.4, 0.5) is 17.6 Å². The smallest absolute Gasteiger partial charge is 0.428 e. The van der Waals surface area contributed by atoms with Gasteiger partial charge in [-0.2, -0.15) is 17.6 Å². The van der Waals surface area contributed by atoms with Gasteiger partial charge in [0.25, 0.3) is 0 Å². The van der Waals surface area contributed by atoms with Crippen LogP contribution in [0, 0.1) is 0 Å². The van der Waals surface area contributed by atoms with E-state index in [0.717, 1.165) is 20.6 Å². The molecule has 1 atom stereocenters. The van der Waals surface area contributed by atoms with Gasteiger partial charge < -0.3 is 4.74 Å². The van der Waals surface area contributed by atoms with Crippen LogP contribution in [0.3, 0.4) is 0 Å². The van der Waals surface area contributed by atoms with Crippen molar-refractivity contribution >= 4 is 31.9 Å². The fraction of sp³-hybridized carbons (Fsp3) is 0.294. The van der Waals surface area contributed by atoms with E-state index in [1.54, 1.807) is 6.07 Å². The number of hydrogen-bond acceptors (Lipinski definition) is 2. The molecule has 0 aromatic heterocycles. The minimum atomic E-state index is -4.60. The van der Waals surface area contributed by atoms with E-state index < -0.39 is 24.3 Å². The molecule has 0 aliphatic carbocycles. The zero-order valence-electron chi connectivity index (χ0n) is 13.6. The first-order valence-electron chi connectivity index (χ1n) is 7.66. The number of rotatable bonds is 8. The van der Waals surface area contributed by atoms with Crippen molar-refractivity contribution in [2.45, 2.75) is 31.4 Å². The number of azide groups is 1. The highest BCUT2D eigenvalue weighted by molar-refractivity contribution is 9.11. The van der Waals surface area contributed by atoms with Gasteiger partial charge in [-0.05, 0) is 53.8 Å². The summed E-state index contributed by atoms with van der Waals surface area (Å²) in [6.07, 6.45) is -7.67. The van der Waals surface area contributed by atoms with Crippen LogP contribution in [0.1, 0.15) is 23.6 Å². The van der Waals surface area contributed by atoms with Crippen LogP contribution < -0.4 is 4.74 Å². The van der Waals surface area contributed by atoms with Crippen molar-refractivity contribution in [2.75, 3.05) is 0 Å².